The monoisotopic (exact) mass is 409 g/mol. The smallest absolute Gasteiger partial charge is 0.417 e. The first-order chi connectivity index (χ1) is 13.6. The molecule has 0 radical (unpaired) electrons. The van der Waals surface area contributed by atoms with E-state index in [0.29, 0.717) is 30.7 Å². The number of aromatic nitrogens is 4. The Kier molecular flexibility index (Phi) is 4.68. The Morgan fingerprint density at radius 3 is 2.59 bits per heavy atom. The summed E-state index contributed by atoms with van der Waals surface area (Å²) in [6.07, 6.45) is -3.85. The number of phenols is 1. The molecule has 0 aliphatic carbocycles. The summed E-state index contributed by atoms with van der Waals surface area (Å²) in [5.41, 5.74) is -0.588. The van der Waals surface area contributed by atoms with Gasteiger partial charge in [-0.25, -0.2) is 9.37 Å². The van der Waals surface area contributed by atoms with E-state index < -0.39 is 29.2 Å². The van der Waals surface area contributed by atoms with Crippen LogP contribution in [-0.2, 0) is 6.18 Å². The van der Waals surface area contributed by atoms with Crippen molar-refractivity contribution in [3.8, 4) is 17.0 Å². The number of nitrogens with zero attached hydrogens (tertiary/aromatic N) is 5. The molecule has 0 spiro atoms. The zero-order valence-electron chi connectivity index (χ0n) is 15.8. The van der Waals surface area contributed by atoms with Gasteiger partial charge in [-0.05, 0) is 37.7 Å². The molecule has 1 saturated heterocycles. The third-order valence-electron chi connectivity index (χ3n) is 5.10. The molecular weight excluding hydrogens is 390 g/mol. The molecule has 2 aromatic heterocycles. The molecule has 6 nitrogen and oxygen atoms in total. The molecule has 1 aliphatic heterocycles. The Hall–Kier alpha value is -2.75. The van der Waals surface area contributed by atoms with E-state index in [-0.39, 0.29) is 17.3 Å². The lowest BCUT2D eigenvalue weighted by Crippen LogP contribution is -2.39. The van der Waals surface area contributed by atoms with Gasteiger partial charge in [0.05, 0.1) is 29.2 Å². The highest BCUT2D eigenvalue weighted by molar-refractivity contribution is 5.80. The molecule has 29 heavy (non-hydrogen) atoms. The van der Waals surface area contributed by atoms with Crippen LogP contribution in [0.5, 0.6) is 5.75 Å². The Morgan fingerprint density at radius 1 is 1.14 bits per heavy atom. The normalized spacial score (nSPS) is 21.0. The van der Waals surface area contributed by atoms with Crippen LogP contribution in [0.1, 0.15) is 23.6 Å². The minimum absolute atomic E-state index is 0.128. The molecule has 0 unspecified atom stereocenters. The van der Waals surface area contributed by atoms with Crippen molar-refractivity contribution in [3.63, 3.8) is 0 Å². The van der Waals surface area contributed by atoms with Crippen molar-refractivity contribution in [2.45, 2.75) is 31.7 Å². The summed E-state index contributed by atoms with van der Waals surface area (Å²) in [4.78, 5) is 6.09. The lowest BCUT2D eigenvalue weighted by Gasteiger charge is -2.32. The first-order valence-corrected chi connectivity index (χ1v) is 9.07. The molecule has 1 aromatic carbocycles. The molecule has 2 atom stereocenters. The number of aryl methyl sites for hydroxylation is 1. The fraction of sp³-hybridized carbons (Fsp3) is 0.421. The summed E-state index contributed by atoms with van der Waals surface area (Å²) in [6, 6.07) is 3.36. The van der Waals surface area contributed by atoms with Gasteiger partial charge in [-0.15, -0.1) is 10.2 Å². The molecular formula is C19H19F4N5O. The van der Waals surface area contributed by atoms with Crippen LogP contribution in [-0.4, -0.2) is 56.1 Å². The largest absolute Gasteiger partial charge is 0.507 e. The van der Waals surface area contributed by atoms with E-state index in [2.05, 4.69) is 15.2 Å². The summed E-state index contributed by atoms with van der Waals surface area (Å²) in [5, 5.41) is 18.2. The van der Waals surface area contributed by atoms with Gasteiger partial charge in [0.2, 0.25) is 0 Å². The third kappa shape index (κ3) is 3.64. The molecule has 0 amide bonds. The summed E-state index contributed by atoms with van der Waals surface area (Å²) in [6.45, 7) is 2.42. The van der Waals surface area contributed by atoms with Gasteiger partial charge in [-0.3, -0.25) is 0 Å². The zero-order valence-corrected chi connectivity index (χ0v) is 15.8. The predicted molar refractivity (Wildman–Crippen MR) is 98.2 cm³/mol. The van der Waals surface area contributed by atoms with Gasteiger partial charge in [-0.2, -0.15) is 13.2 Å². The highest BCUT2D eigenvalue weighted by Gasteiger charge is 2.36. The lowest BCUT2D eigenvalue weighted by atomic mass is 9.99. The van der Waals surface area contributed by atoms with Crippen molar-refractivity contribution in [2.75, 3.05) is 20.1 Å². The molecule has 3 aromatic rings. The Labute approximate surface area is 163 Å². The van der Waals surface area contributed by atoms with Crippen molar-refractivity contribution in [1.29, 1.82) is 0 Å². The number of fused-ring (bicyclic) bond motifs is 1. The number of halogens is 4. The van der Waals surface area contributed by atoms with Crippen LogP contribution < -0.4 is 0 Å². The number of phenolic OH excluding ortho intramolecular Hbond substituents is 1. The number of likely N-dealkylation sites (N-methyl/N-ethyl adjacent to an activating group) is 1. The van der Waals surface area contributed by atoms with Crippen LogP contribution >= 0.6 is 0 Å². The van der Waals surface area contributed by atoms with Gasteiger partial charge < -0.3 is 14.6 Å². The van der Waals surface area contributed by atoms with Crippen LogP contribution in [0.25, 0.3) is 22.4 Å². The maximum atomic E-state index is 13.9. The van der Waals surface area contributed by atoms with Gasteiger partial charge in [0.1, 0.15) is 17.4 Å². The van der Waals surface area contributed by atoms with E-state index in [1.807, 2.05) is 11.9 Å². The second-order valence-electron chi connectivity index (χ2n) is 7.50. The van der Waals surface area contributed by atoms with Crippen LogP contribution in [0.15, 0.2) is 24.5 Å². The molecule has 154 valence electrons. The Morgan fingerprint density at radius 2 is 1.90 bits per heavy atom. The average molecular weight is 409 g/mol. The highest BCUT2D eigenvalue weighted by Crippen LogP contribution is 2.42. The molecule has 4 rings (SSSR count). The number of likely N-dealkylation sites (tertiary alicyclic amines) is 1. The van der Waals surface area contributed by atoms with Gasteiger partial charge in [-0.1, -0.05) is 0 Å². The van der Waals surface area contributed by atoms with Crippen molar-refractivity contribution in [1.82, 2.24) is 24.6 Å². The third-order valence-corrected chi connectivity index (χ3v) is 5.10. The summed E-state index contributed by atoms with van der Waals surface area (Å²) in [5.74, 6) is -0.528. The van der Waals surface area contributed by atoms with Crippen molar-refractivity contribution in [3.05, 3.63) is 35.7 Å². The predicted octanol–water partition coefficient (Wildman–Crippen LogP) is 3.74. The minimum atomic E-state index is -4.67. The van der Waals surface area contributed by atoms with Gasteiger partial charge >= 0.3 is 6.18 Å². The van der Waals surface area contributed by atoms with Gasteiger partial charge in [0.25, 0.3) is 0 Å². The summed E-state index contributed by atoms with van der Waals surface area (Å²) < 4.78 is 56.2. The molecule has 0 saturated carbocycles. The number of hydrogen-bond acceptors (Lipinski definition) is 5. The fourth-order valence-corrected chi connectivity index (χ4v) is 3.90. The number of alkyl halides is 4. The maximum absolute atomic E-state index is 13.9. The van der Waals surface area contributed by atoms with E-state index >= 15 is 0 Å². The van der Waals surface area contributed by atoms with E-state index in [4.69, 9.17) is 0 Å². The number of imidazole rings is 1. The van der Waals surface area contributed by atoms with Crippen molar-refractivity contribution < 1.29 is 22.7 Å². The Bertz CT molecular complexity index is 1050. The maximum Gasteiger partial charge on any atom is 0.417 e. The number of hydrogen-bond donors (Lipinski definition) is 1. The van der Waals surface area contributed by atoms with Gasteiger partial charge in [0.15, 0.2) is 5.65 Å². The standard InChI is InChI=1S/C19H19F4N5O/c1-10-3-13(19(21,22)23)17(16(29)4-10)14-6-15-18(26-25-14)28(9-24-15)12-5-11(20)7-27(2)8-12/h3-4,6,9,11-12,29H,5,7-8H2,1-2H3/t11-,12-/m1/s1. The SMILES string of the molecule is Cc1cc(O)c(-c2cc3ncn([C@@H]4C[C@@H](F)CN(C)C4)c3nn2)c(C(F)(F)F)c1. The summed E-state index contributed by atoms with van der Waals surface area (Å²) in [7, 11) is 1.82. The van der Waals surface area contributed by atoms with E-state index in [1.165, 1.54) is 25.4 Å². The van der Waals surface area contributed by atoms with Crippen LogP contribution in [0.4, 0.5) is 17.6 Å². The van der Waals surface area contributed by atoms with Crippen LogP contribution in [0.2, 0.25) is 0 Å². The van der Waals surface area contributed by atoms with E-state index in [9.17, 15) is 22.7 Å². The number of piperidine rings is 1. The molecule has 1 fully saturated rings. The number of rotatable bonds is 2. The van der Waals surface area contributed by atoms with Crippen molar-refractivity contribution >= 4 is 11.2 Å². The Balaban J connectivity index is 1.79. The zero-order chi connectivity index (χ0) is 20.9. The molecule has 1 N–H and O–H groups in total. The van der Waals surface area contributed by atoms with Gasteiger partial charge in [0, 0.05) is 19.5 Å². The number of benzene rings is 1. The second-order valence-corrected chi connectivity index (χ2v) is 7.50. The van der Waals surface area contributed by atoms with E-state index in [1.54, 1.807) is 4.57 Å². The molecule has 10 heteroatoms. The van der Waals surface area contributed by atoms with Crippen molar-refractivity contribution in [2.24, 2.45) is 0 Å². The molecule has 0 bridgehead atoms. The first-order valence-electron chi connectivity index (χ1n) is 9.07. The molecule has 1 aliphatic rings. The molecule has 3 heterocycles. The number of aromatic hydroxyl groups is 1. The lowest BCUT2D eigenvalue weighted by molar-refractivity contribution is -0.137. The summed E-state index contributed by atoms with van der Waals surface area (Å²) >= 11 is 0. The highest BCUT2D eigenvalue weighted by atomic mass is 19.4. The second kappa shape index (κ2) is 6.94. The average Bonchev–Trinajstić information content (AvgIpc) is 3.02. The quantitative estimate of drug-likeness (QED) is 0.653. The first kappa shape index (κ1) is 19.6. The van der Waals surface area contributed by atoms with E-state index in [0.717, 1.165) is 6.07 Å². The fourth-order valence-electron chi connectivity index (χ4n) is 3.90. The van der Waals surface area contributed by atoms with Crippen LogP contribution in [0.3, 0.4) is 0 Å². The van der Waals surface area contributed by atoms with Crippen LogP contribution in [0, 0.1) is 6.92 Å². The topological polar surface area (TPSA) is 67.1 Å². The minimum Gasteiger partial charge on any atom is -0.507 e.